The second kappa shape index (κ2) is 8.27. The molecule has 2 N–H and O–H groups in total. The first-order valence-electron chi connectivity index (χ1n) is 12.8. The standard InChI is InChI=1S/C32H32N4/c1-4-21-34-29-28(33)36-27-22-24(23-13-9-7-10-14-23)17-18-26(27)31(5-2)19-20-32(31,6-3)30(36)35(29)25-15-11-8-12-16-25/h4,7-22,30H,1,5-6,33H2,2-3H3/b34-21-. The van der Waals surface area contributed by atoms with Crippen LogP contribution in [0.4, 0.5) is 11.4 Å². The van der Waals surface area contributed by atoms with Crippen LogP contribution in [0.5, 0.6) is 0 Å². The molecule has 4 heteroatoms. The lowest BCUT2D eigenvalue weighted by Gasteiger charge is -2.64. The van der Waals surface area contributed by atoms with E-state index in [1.165, 1.54) is 22.4 Å². The maximum absolute atomic E-state index is 7.03. The molecular formula is C32H32N4. The first kappa shape index (κ1) is 22.4. The summed E-state index contributed by atoms with van der Waals surface area (Å²) < 4.78 is 0. The van der Waals surface area contributed by atoms with Crippen LogP contribution in [0.1, 0.15) is 32.3 Å². The molecule has 2 aliphatic heterocycles. The third kappa shape index (κ3) is 2.78. The van der Waals surface area contributed by atoms with Gasteiger partial charge in [-0.3, -0.25) is 0 Å². The zero-order valence-electron chi connectivity index (χ0n) is 20.9. The average Bonchev–Trinajstić information content (AvgIpc) is 3.21. The molecule has 3 aromatic carbocycles. The Morgan fingerprint density at radius 2 is 1.61 bits per heavy atom. The molecule has 180 valence electrons. The number of allylic oxidation sites excluding steroid dienone is 2. The van der Waals surface area contributed by atoms with Crippen molar-refractivity contribution in [2.45, 2.75) is 38.3 Å². The average molecular weight is 473 g/mol. The molecule has 1 aliphatic carbocycles. The van der Waals surface area contributed by atoms with E-state index in [1.807, 2.05) is 0 Å². The van der Waals surface area contributed by atoms with Crippen LogP contribution in [-0.2, 0) is 5.41 Å². The van der Waals surface area contributed by atoms with Gasteiger partial charge in [-0.25, -0.2) is 4.99 Å². The number of benzene rings is 3. The second-order valence-corrected chi connectivity index (χ2v) is 9.82. The molecule has 0 saturated carbocycles. The van der Waals surface area contributed by atoms with E-state index in [0.29, 0.717) is 5.82 Å². The number of rotatable bonds is 6. The molecule has 3 aliphatic rings. The lowest BCUT2D eigenvalue weighted by Crippen LogP contribution is -2.67. The molecule has 3 unspecified atom stereocenters. The topological polar surface area (TPSA) is 44.9 Å². The highest BCUT2D eigenvalue weighted by Gasteiger charge is 2.66. The summed E-state index contributed by atoms with van der Waals surface area (Å²) in [6, 6.07) is 28.0. The maximum atomic E-state index is 7.03. The van der Waals surface area contributed by atoms with Crippen molar-refractivity contribution in [2.75, 3.05) is 9.80 Å². The minimum atomic E-state index is -0.116. The van der Waals surface area contributed by atoms with Crippen LogP contribution in [0.3, 0.4) is 0 Å². The van der Waals surface area contributed by atoms with Gasteiger partial charge < -0.3 is 15.5 Å². The van der Waals surface area contributed by atoms with Crippen molar-refractivity contribution in [3.05, 3.63) is 121 Å². The highest BCUT2D eigenvalue weighted by Crippen LogP contribution is 2.67. The SMILES string of the molecule is C=C/C=N\C1=C(N)N2c3cc(-c4ccccc4)ccc3C3(CC)C=CC3(CC)C2N1c1ccccc1. The first-order chi connectivity index (χ1) is 17.6. The van der Waals surface area contributed by atoms with Crippen LogP contribution in [0, 0.1) is 5.41 Å². The van der Waals surface area contributed by atoms with E-state index >= 15 is 0 Å². The predicted molar refractivity (Wildman–Crippen MR) is 151 cm³/mol. The third-order valence-electron chi connectivity index (χ3n) is 8.49. The monoisotopic (exact) mass is 472 g/mol. The fraction of sp³-hybridized carbons (Fsp3) is 0.219. The zero-order valence-corrected chi connectivity index (χ0v) is 20.9. The van der Waals surface area contributed by atoms with E-state index in [1.54, 1.807) is 12.3 Å². The van der Waals surface area contributed by atoms with Crippen molar-refractivity contribution >= 4 is 17.6 Å². The van der Waals surface area contributed by atoms with Gasteiger partial charge in [-0.15, -0.1) is 0 Å². The largest absolute Gasteiger partial charge is 0.382 e. The Balaban J connectivity index is 1.65. The summed E-state index contributed by atoms with van der Waals surface area (Å²) >= 11 is 0. The molecule has 0 saturated heterocycles. The summed E-state index contributed by atoms with van der Waals surface area (Å²) in [4.78, 5) is 9.50. The molecule has 2 heterocycles. The van der Waals surface area contributed by atoms with Crippen LogP contribution in [0.25, 0.3) is 11.1 Å². The number of fused-ring (bicyclic) bond motifs is 6. The van der Waals surface area contributed by atoms with E-state index in [9.17, 15) is 0 Å². The summed E-state index contributed by atoms with van der Waals surface area (Å²) in [5.74, 6) is 1.44. The molecule has 36 heavy (non-hydrogen) atoms. The van der Waals surface area contributed by atoms with E-state index < -0.39 is 0 Å². The lowest BCUT2D eigenvalue weighted by molar-refractivity contribution is 0.120. The van der Waals surface area contributed by atoms with Gasteiger partial charge in [0.2, 0.25) is 0 Å². The van der Waals surface area contributed by atoms with Crippen molar-refractivity contribution in [3.8, 4) is 11.1 Å². The van der Waals surface area contributed by atoms with Crippen LogP contribution in [-0.4, -0.2) is 12.4 Å². The van der Waals surface area contributed by atoms with Gasteiger partial charge >= 0.3 is 0 Å². The maximum Gasteiger partial charge on any atom is 0.176 e. The molecule has 0 fully saturated rings. The Hall–Kier alpha value is -4.05. The van der Waals surface area contributed by atoms with E-state index in [2.05, 4.69) is 121 Å². The molecular weight excluding hydrogens is 440 g/mol. The van der Waals surface area contributed by atoms with Gasteiger partial charge in [0.1, 0.15) is 12.0 Å². The Labute approximate surface area is 213 Å². The van der Waals surface area contributed by atoms with Gasteiger partial charge in [-0.1, -0.05) is 99.3 Å². The molecule has 0 bridgehead atoms. The molecule has 0 aromatic heterocycles. The molecule has 0 amide bonds. The summed E-state index contributed by atoms with van der Waals surface area (Å²) in [5, 5.41) is 0. The number of nitrogens with zero attached hydrogens (tertiary/aromatic N) is 3. The first-order valence-corrected chi connectivity index (χ1v) is 12.8. The van der Waals surface area contributed by atoms with Crippen molar-refractivity contribution in [2.24, 2.45) is 16.1 Å². The van der Waals surface area contributed by atoms with Gasteiger partial charge in [0.25, 0.3) is 0 Å². The van der Waals surface area contributed by atoms with Crippen molar-refractivity contribution in [3.63, 3.8) is 0 Å². The van der Waals surface area contributed by atoms with Gasteiger partial charge in [0.05, 0.1) is 0 Å². The molecule has 4 nitrogen and oxygen atoms in total. The van der Waals surface area contributed by atoms with Crippen LogP contribution in [0.15, 0.2) is 120 Å². The highest BCUT2D eigenvalue weighted by atomic mass is 15.5. The zero-order chi connectivity index (χ0) is 24.9. The fourth-order valence-electron chi connectivity index (χ4n) is 6.75. The Bertz CT molecular complexity index is 1400. The smallest absolute Gasteiger partial charge is 0.176 e. The summed E-state index contributed by atoms with van der Waals surface area (Å²) in [7, 11) is 0. The van der Waals surface area contributed by atoms with Gasteiger partial charge in [-0.05, 0) is 47.7 Å². The van der Waals surface area contributed by atoms with Crippen molar-refractivity contribution in [1.82, 2.24) is 0 Å². The summed E-state index contributed by atoms with van der Waals surface area (Å²) in [6.07, 6.45) is 10.3. The molecule has 3 aromatic rings. The van der Waals surface area contributed by atoms with Gasteiger partial charge in [-0.2, -0.15) is 0 Å². The molecule has 3 atom stereocenters. The molecule has 6 rings (SSSR count). The normalized spacial score (nSPS) is 26.0. The quantitative estimate of drug-likeness (QED) is 0.311. The predicted octanol–water partition coefficient (Wildman–Crippen LogP) is 6.98. The number of aliphatic imine (C=N–C) groups is 1. The van der Waals surface area contributed by atoms with Crippen LogP contribution in [0.2, 0.25) is 0 Å². The van der Waals surface area contributed by atoms with Gasteiger partial charge in [0, 0.05) is 28.4 Å². The number of anilines is 2. The lowest BCUT2D eigenvalue weighted by atomic mass is 9.47. The number of hydrogen-bond donors (Lipinski definition) is 1. The number of nitrogens with two attached hydrogens (primary N) is 1. The fourth-order valence-corrected chi connectivity index (χ4v) is 6.75. The molecule has 0 spiro atoms. The number of hydrogen-bond acceptors (Lipinski definition) is 4. The molecule has 0 radical (unpaired) electrons. The third-order valence-corrected chi connectivity index (χ3v) is 8.49. The highest BCUT2D eigenvalue weighted by molar-refractivity contribution is 5.82. The van der Waals surface area contributed by atoms with Crippen molar-refractivity contribution in [1.29, 1.82) is 0 Å². The van der Waals surface area contributed by atoms with E-state index in [4.69, 9.17) is 10.7 Å². The minimum Gasteiger partial charge on any atom is -0.382 e. The van der Waals surface area contributed by atoms with Crippen LogP contribution < -0.4 is 15.5 Å². The van der Waals surface area contributed by atoms with Crippen molar-refractivity contribution < 1.29 is 0 Å². The Morgan fingerprint density at radius 1 is 0.889 bits per heavy atom. The van der Waals surface area contributed by atoms with E-state index in [-0.39, 0.29) is 17.0 Å². The number of para-hydroxylation sites is 1. The van der Waals surface area contributed by atoms with Crippen LogP contribution >= 0.6 is 0 Å². The Morgan fingerprint density at radius 3 is 2.22 bits per heavy atom. The summed E-state index contributed by atoms with van der Waals surface area (Å²) in [5.41, 5.74) is 12.8. The Kier molecular flexibility index (Phi) is 5.15. The van der Waals surface area contributed by atoms with E-state index in [0.717, 1.165) is 24.4 Å². The van der Waals surface area contributed by atoms with Gasteiger partial charge in [0.15, 0.2) is 5.82 Å². The second-order valence-electron chi connectivity index (χ2n) is 9.82. The minimum absolute atomic E-state index is 0.0228. The summed E-state index contributed by atoms with van der Waals surface area (Å²) in [6.45, 7) is 8.47.